The van der Waals surface area contributed by atoms with Crippen LogP contribution in [0.3, 0.4) is 0 Å². The topological polar surface area (TPSA) is 87.1 Å². The number of aliphatic hydroxyl groups excluding tert-OH is 1. The van der Waals surface area contributed by atoms with Crippen LogP contribution in [0.4, 0.5) is 9.80 Å². The van der Waals surface area contributed by atoms with Crippen molar-refractivity contribution in [1.82, 2.24) is 15.3 Å². The third-order valence-corrected chi connectivity index (χ3v) is 6.05. The van der Waals surface area contributed by atoms with E-state index >= 15 is 0 Å². The Balaban J connectivity index is 1.48. The standard InChI is InChI=1S/C21H16N4O2S2/c1-2-18-22-10-19(29-18)25-21(27)24-17(11-26)14-8-6-13(7-9-14)15-4-3-5-16-20(15)28-12-23-16/h1,3-10,12,17,26H,11H2,(H2,24,25,27). The molecular weight excluding hydrogens is 404 g/mol. The van der Waals surface area contributed by atoms with Crippen molar-refractivity contribution in [2.45, 2.75) is 6.04 Å². The van der Waals surface area contributed by atoms with E-state index < -0.39 is 12.1 Å². The maximum atomic E-state index is 12.2. The summed E-state index contributed by atoms with van der Waals surface area (Å²) in [6.07, 6.45) is 6.79. The first-order chi connectivity index (χ1) is 14.2. The normalized spacial score (nSPS) is 11.7. The summed E-state index contributed by atoms with van der Waals surface area (Å²) in [6.45, 7) is -0.227. The number of nitrogens with zero attached hydrogens (tertiary/aromatic N) is 2. The van der Waals surface area contributed by atoms with Crippen LogP contribution in [-0.2, 0) is 0 Å². The lowest BCUT2D eigenvalue weighted by Gasteiger charge is -2.17. The predicted molar refractivity (Wildman–Crippen MR) is 117 cm³/mol. The van der Waals surface area contributed by atoms with Crippen molar-refractivity contribution in [3.05, 3.63) is 64.7 Å². The van der Waals surface area contributed by atoms with E-state index in [0.29, 0.717) is 10.0 Å². The second-order valence-electron chi connectivity index (χ2n) is 6.14. The third kappa shape index (κ3) is 4.12. The van der Waals surface area contributed by atoms with E-state index in [9.17, 15) is 9.90 Å². The molecule has 144 valence electrons. The molecule has 1 unspecified atom stereocenters. The number of urea groups is 1. The van der Waals surface area contributed by atoms with Crippen molar-refractivity contribution in [2.75, 3.05) is 11.9 Å². The van der Waals surface area contributed by atoms with Crippen LogP contribution in [-0.4, -0.2) is 27.7 Å². The van der Waals surface area contributed by atoms with E-state index in [0.717, 1.165) is 26.9 Å². The molecule has 2 aromatic carbocycles. The first kappa shape index (κ1) is 19.1. The van der Waals surface area contributed by atoms with Crippen LogP contribution in [0, 0.1) is 12.3 Å². The van der Waals surface area contributed by atoms with Crippen LogP contribution in [0.1, 0.15) is 16.6 Å². The lowest BCUT2D eigenvalue weighted by atomic mass is 10.0. The number of fused-ring (bicyclic) bond motifs is 1. The fraction of sp³-hybridized carbons (Fsp3) is 0.0952. The van der Waals surface area contributed by atoms with Gasteiger partial charge in [-0.1, -0.05) is 47.7 Å². The minimum absolute atomic E-state index is 0.227. The van der Waals surface area contributed by atoms with E-state index in [1.54, 1.807) is 11.3 Å². The number of terminal acetylenes is 1. The predicted octanol–water partition coefficient (Wildman–Crippen LogP) is 4.26. The van der Waals surface area contributed by atoms with Gasteiger partial charge in [0.25, 0.3) is 0 Å². The highest BCUT2D eigenvalue weighted by Crippen LogP contribution is 2.31. The van der Waals surface area contributed by atoms with E-state index in [-0.39, 0.29) is 6.61 Å². The molecule has 4 rings (SSSR count). The number of aliphatic hydroxyl groups is 1. The summed E-state index contributed by atoms with van der Waals surface area (Å²) in [5.41, 5.74) is 5.77. The number of carbonyl (C=O) groups excluding carboxylic acids is 1. The Labute approximate surface area is 175 Å². The third-order valence-electron chi connectivity index (χ3n) is 4.33. The molecule has 0 aliphatic carbocycles. The number of benzene rings is 2. The molecule has 2 aromatic heterocycles. The summed E-state index contributed by atoms with van der Waals surface area (Å²) in [4.78, 5) is 20.6. The monoisotopic (exact) mass is 420 g/mol. The zero-order valence-corrected chi connectivity index (χ0v) is 16.8. The smallest absolute Gasteiger partial charge is 0.320 e. The van der Waals surface area contributed by atoms with E-state index in [4.69, 9.17) is 6.42 Å². The van der Waals surface area contributed by atoms with Crippen molar-refractivity contribution in [3.63, 3.8) is 0 Å². The number of aromatic nitrogens is 2. The molecule has 6 nitrogen and oxygen atoms in total. The summed E-state index contributed by atoms with van der Waals surface area (Å²) >= 11 is 2.81. The van der Waals surface area contributed by atoms with Gasteiger partial charge in [-0.25, -0.2) is 14.8 Å². The number of carbonyl (C=O) groups is 1. The fourth-order valence-corrected chi connectivity index (χ4v) is 4.40. The highest BCUT2D eigenvalue weighted by Gasteiger charge is 2.15. The maximum Gasteiger partial charge on any atom is 0.320 e. The Morgan fingerprint density at radius 3 is 2.76 bits per heavy atom. The van der Waals surface area contributed by atoms with Gasteiger partial charge in [0, 0.05) is 5.56 Å². The van der Waals surface area contributed by atoms with Gasteiger partial charge >= 0.3 is 6.03 Å². The second-order valence-corrected chi connectivity index (χ2v) is 8.02. The van der Waals surface area contributed by atoms with Gasteiger partial charge < -0.3 is 10.4 Å². The largest absolute Gasteiger partial charge is 0.394 e. The van der Waals surface area contributed by atoms with Gasteiger partial charge in [-0.15, -0.1) is 17.8 Å². The van der Waals surface area contributed by atoms with Gasteiger partial charge in [-0.3, -0.25) is 5.32 Å². The van der Waals surface area contributed by atoms with Gasteiger partial charge in [-0.05, 0) is 23.1 Å². The van der Waals surface area contributed by atoms with Gasteiger partial charge in [-0.2, -0.15) is 0 Å². The SMILES string of the molecule is C#Cc1ncc(NC(=O)NC(CO)c2ccc(-c3cccc4ncsc34)cc2)s1. The molecule has 0 aliphatic rings. The van der Waals surface area contributed by atoms with Gasteiger partial charge in [0.15, 0.2) is 5.01 Å². The molecule has 29 heavy (non-hydrogen) atoms. The van der Waals surface area contributed by atoms with Crippen LogP contribution in [0.15, 0.2) is 54.2 Å². The molecule has 0 aliphatic heterocycles. The lowest BCUT2D eigenvalue weighted by Crippen LogP contribution is -2.34. The molecule has 0 fully saturated rings. The molecule has 0 radical (unpaired) electrons. The van der Waals surface area contributed by atoms with Crippen molar-refractivity contribution in [3.8, 4) is 23.5 Å². The molecule has 0 bridgehead atoms. The molecule has 0 spiro atoms. The number of hydrogen-bond donors (Lipinski definition) is 3. The van der Waals surface area contributed by atoms with Gasteiger partial charge in [0.2, 0.25) is 0 Å². The van der Waals surface area contributed by atoms with Crippen LogP contribution >= 0.6 is 22.7 Å². The van der Waals surface area contributed by atoms with E-state index in [2.05, 4.69) is 32.6 Å². The van der Waals surface area contributed by atoms with Crippen molar-refractivity contribution < 1.29 is 9.90 Å². The average Bonchev–Trinajstić information content (AvgIpc) is 3.41. The number of anilines is 1. The van der Waals surface area contributed by atoms with Gasteiger partial charge in [0.1, 0.15) is 5.00 Å². The number of amides is 2. The van der Waals surface area contributed by atoms with Crippen LogP contribution < -0.4 is 10.6 Å². The number of thiazole rings is 2. The van der Waals surface area contributed by atoms with Crippen molar-refractivity contribution in [2.24, 2.45) is 0 Å². The Kier molecular flexibility index (Phi) is 5.53. The summed E-state index contributed by atoms with van der Waals surface area (Å²) in [7, 11) is 0. The number of nitrogens with one attached hydrogen (secondary N) is 2. The molecule has 0 saturated carbocycles. The summed E-state index contributed by atoms with van der Waals surface area (Å²) in [5, 5.41) is 16.2. The number of hydrogen-bond acceptors (Lipinski definition) is 6. The zero-order valence-electron chi connectivity index (χ0n) is 15.1. The Bertz CT molecular complexity index is 1190. The summed E-state index contributed by atoms with van der Waals surface area (Å²) in [5.74, 6) is 2.42. The highest BCUT2D eigenvalue weighted by molar-refractivity contribution is 7.17. The first-order valence-electron chi connectivity index (χ1n) is 8.71. The van der Waals surface area contributed by atoms with E-state index in [1.165, 1.54) is 17.5 Å². The molecule has 4 aromatic rings. The summed E-state index contributed by atoms with van der Waals surface area (Å²) < 4.78 is 1.13. The van der Waals surface area contributed by atoms with Gasteiger partial charge in [0.05, 0.1) is 34.6 Å². The second kappa shape index (κ2) is 8.41. The van der Waals surface area contributed by atoms with Crippen LogP contribution in [0.25, 0.3) is 21.3 Å². The molecule has 0 saturated heterocycles. The molecule has 1 atom stereocenters. The molecule has 3 N–H and O–H groups in total. The maximum absolute atomic E-state index is 12.2. The fourth-order valence-electron chi connectivity index (χ4n) is 2.95. The average molecular weight is 421 g/mol. The van der Waals surface area contributed by atoms with Crippen LogP contribution in [0.2, 0.25) is 0 Å². The Hall–Kier alpha value is -3.25. The Morgan fingerprint density at radius 1 is 1.21 bits per heavy atom. The van der Waals surface area contributed by atoms with Crippen molar-refractivity contribution in [1.29, 1.82) is 0 Å². The minimum Gasteiger partial charge on any atom is -0.394 e. The minimum atomic E-state index is -0.539. The lowest BCUT2D eigenvalue weighted by molar-refractivity contribution is 0.225. The highest BCUT2D eigenvalue weighted by atomic mass is 32.1. The van der Waals surface area contributed by atoms with E-state index in [1.807, 2.05) is 41.9 Å². The molecular formula is C21H16N4O2S2. The Morgan fingerprint density at radius 2 is 2.03 bits per heavy atom. The quantitative estimate of drug-likeness (QED) is 0.421. The number of rotatable bonds is 5. The molecule has 2 amide bonds. The molecule has 2 heterocycles. The van der Waals surface area contributed by atoms with Crippen molar-refractivity contribution >= 4 is 43.9 Å². The zero-order chi connectivity index (χ0) is 20.2. The molecule has 8 heteroatoms. The first-order valence-corrected chi connectivity index (χ1v) is 10.4. The van der Waals surface area contributed by atoms with Crippen LogP contribution in [0.5, 0.6) is 0 Å². The summed E-state index contributed by atoms with van der Waals surface area (Å²) in [6, 6.07) is 12.8.